The Labute approximate surface area is 365 Å². The zero-order chi connectivity index (χ0) is 42.1. The number of fused-ring (bicyclic) bond motifs is 10. The number of hydrogen-bond acceptors (Lipinski definition) is 1. The molecule has 0 N–H and O–H groups in total. The lowest BCUT2D eigenvalue weighted by molar-refractivity contribution is 0.660. The van der Waals surface area contributed by atoms with Gasteiger partial charge >= 0.3 is 0 Å². The molecule has 0 bridgehead atoms. The highest BCUT2D eigenvalue weighted by Gasteiger charge is 2.36. The molecule has 0 radical (unpaired) electrons. The van der Waals surface area contributed by atoms with Crippen molar-refractivity contribution in [3.05, 3.63) is 210 Å². The van der Waals surface area contributed by atoms with Gasteiger partial charge in [0.15, 0.2) is 0 Å². The summed E-state index contributed by atoms with van der Waals surface area (Å²) in [6.07, 6.45) is 2.19. The van der Waals surface area contributed by atoms with Crippen molar-refractivity contribution in [2.75, 3.05) is 4.90 Å². The van der Waals surface area contributed by atoms with E-state index in [1.54, 1.807) is 0 Å². The molecule has 0 fully saturated rings. The van der Waals surface area contributed by atoms with Gasteiger partial charge in [0.2, 0.25) is 0 Å². The number of nitrogens with zero attached hydrogens (tertiary/aromatic N) is 1. The van der Waals surface area contributed by atoms with E-state index in [4.69, 9.17) is 0 Å². The molecule has 300 valence electrons. The molecular weight excluding hydrogens is 747 g/mol. The zero-order valence-electron chi connectivity index (χ0n) is 36.3. The van der Waals surface area contributed by atoms with E-state index < -0.39 is 0 Å². The number of hydrogen-bond donors (Lipinski definition) is 0. The van der Waals surface area contributed by atoms with Crippen molar-refractivity contribution >= 4 is 60.2 Å². The lowest BCUT2D eigenvalue weighted by atomic mass is 9.80. The molecule has 0 saturated carbocycles. The molecule has 1 unspecified atom stereocenters. The van der Waals surface area contributed by atoms with Gasteiger partial charge in [-0.25, -0.2) is 0 Å². The van der Waals surface area contributed by atoms with Gasteiger partial charge in [-0.2, -0.15) is 0 Å². The molecule has 10 aromatic carbocycles. The summed E-state index contributed by atoms with van der Waals surface area (Å²) in [6, 6.07) is 70.9. The largest absolute Gasteiger partial charge is 0.310 e. The zero-order valence-corrected chi connectivity index (χ0v) is 36.3. The van der Waals surface area contributed by atoms with Crippen molar-refractivity contribution in [1.82, 2.24) is 0 Å². The summed E-state index contributed by atoms with van der Waals surface area (Å²) < 4.78 is 0. The summed E-state index contributed by atoms with van der Waals surface area (Å²) in [5.41, 5.74) is 16.6. The van der Waals surface area contributed by atoms with Gasteiger partial charge in [-0.1, -0.05) is 186 Å². The molecule has 1 aliphatic rings. The summed E-state index contributed by atoms with van der Waals surface area (Å²) in [5, 5.41) is 10.2. The van der Waals surface area contributed by atoms with Crippen LogP contribution in [0.1, 0.15) is 68.7 Å². The molecule has 0 amide bonds. The van der Waals surface area contributed by atoms with Crippen LogP contribution in [0.4, 0.5) is 17.1 Å². The molecule has 1 heteroatoms. The third kappa shape index (κ3) is 5.98. The van der Waals surface area contributed by atoms with E-state index in [0.717, 1.165) is 24.2 Å². The monoisotopic (exact) mass is 797 g/mol. The number of rotatable bonds is 8. The minimum absolute atomic E-state index is 0.150. The van der Waals surface area contributed by atoms with E-state index in [1.165, 1.54) is 104 Å². The smallest absolute Gasteiger partial charge is 0.0543 e. The quantitative estimate of drug-likeness (QED) is 0.138. The predicted molar refractivity (Wildman–Crippen MR) is 268 cm³/mol. The number of aryl methyl sites for hydroxylation is 1. The average molecular weight is 798 g/mol. The van der Waals surface area contributed by atoms with E-state index >= 15 is 0 Å². The summed E-state index contributed by atoms with van der Waals surface area (Å²) in [7, 11) is 0. The van der Waals surface area contributed by atoms with Gasteiger partial charge in [0.1, 0.15) is 0 Å². The minimum Gasteiger partial charge on any atom is -0.310 e. The van der Waals surface area contributed by atoms with E-state index in [9.17, 15) is 0 Å². The average Bonchev–Trinajstić information content (AvgIpc) is 3.54. The Hall–Kier alpha value is -6.96. The molecule has 62 heavy (non-hydrogen) atoms. The number of anilines is 3. The van der Waals surface area contributed by atoms with Crippen LogP contribution < -0.4 is 4.90 Å². The SMILES string of the molecule is CCCC(C)c1c(-c2ccccc2C)ccc(N(c2ccc3c(c2)C(C)(C)c2ccccc2-3)c2ccc3c4ccccc4c4ccccc4c3c2)c1-c1ccc2ccccc2c1. The normalized spacial score (nSPS) is 13.4. The van der Waals surface area contributed by atoms with Crippen molar-refractivity contribution < 1.29 is 0 Å². The summed E-state index contributed by atoms with van der Waals surface area (Å²) >= 11 is 0. The summed E-state index contributed by atoms with van der Waals surface area (Å²) in [5.74, 6) is 0.304. The lowest BCUT2D eigenvalue weighted by Gasteiger charge is -2.33. The maximum absolute atomic E-state index is 2.58. The fourth-order valence-corrected chi connectivity index (χ4v) is 10.9. The number of benzene rings is 10. The first-order valence-electron chi connectivity index (χ1n) is 22.4. The van der Waals surface area contributed by atoms with E-state index in [0.29, 0.717) is 5.92 Å². The molecule has 0 aromatic heterocycles. The first-order chi connectivity index (χ1) is 30.3. The maximum Gasteiger partial charge on any atom is 0.0543 e. The minimum atomic E-state index is -0.150. The summed E-state index contributed by atoms with van der Waals surface area (Å²) in [6.45, 7) is 11.8. The first kappa shape index (κ1) is 38.0. The van der Waals surface area contributed by atoms with Crippen LogP contribution in [0, 0.1) is 6.92 Å². The van der Waals surface area contributed by atoms with Gasteiger partial charge in [-0.05, 0) is 149 Å². The van der Waals surface area contributed by atoms with E-state index in [1.807, 2.05) is 0 Å². The molecule has 11 rings (SSSR count). The predicted octanol–water partition coefficient (Wildman–Crippen LogP) is 17.6. The van der Waals surface area contributed by atoms with Crippen LogP contribution in [0.25, 0.3) is 76.5 Å². The molecule has 1 aliphatic carbocycles. The molecule has 1 atom stereocenters. The second-order valence-electron chi connectivity index (χ2n) is 18.0. The Morgan fingerprint density at radius 3 is 1.76 bits per heavy atom. The van der Waals surface area contributed by atoms with E-state index in [-0.39, 0.29) is 5.41 Å². The standard InChI is InChI=1S/C61H51N/c1-6-17-40(3)59-54(46-21-10-7-18-39(46)2)34-35-58(60(59)43-29-28-41-19-8-9-20-42(41)36-43)62(45-31-33-53-52-26-15-16-27-56(52)61(4,5)57(53)38-45)44-30-32-51-49-24-12-11-22-47(49)48-23-13-14-25-50(48)55(51)37-44/h7-16,18-38,40H,6,17H2,1-5H3. The van der Waals surface area contributed by atoms with Crippen LogP contribution in [0.2, 0.25) is 0 Å². The molecule has 0 spiro atoms. The van der Waals surface area contributed by atoms with Crippen LogP contribution >= 0.6 is 0 Å². The molecule has 0 aliphatic heterocycles. The van der Waals surface area contributed by atoms with E-state index in [2.05, 4.69) is 228 Å². The Kier molecular flexibility index (Phi) is 9.13. The van der Waals surface area contributed by atoms with Crippen LogP contribution in [0.5, 0.6) is 0 Å². The Balaban J connectivity index is 1.26. The highest BCUT2D eigenvalue weighted by Crippen LogP contribution is 2.53. The Morgan fingerprint density at radius 2 is 1.03 bits per heavy atom. The molecular formula is C61H51N. The van der Waals surface area contributed by atoms with Crippen molar-refractivity contribution in [2.45, 2.75) is 58.8 Å². The van der Waals surface area contributed by atoms with Crippen molar-refractivity contribution in [2.24, 2.45) is 0 Å². The van der Waals surface area contributed by atoms with Crippen molar-refractivity contribution in [3.63, 3.8) is 0 Å². The third-order valence-corrected chi connectivity index (χ3v) is 14.0. The van der Waals surface area contributed by atoms with Crippen molar-refractivity contribution in [3.8, 4) is 33.4 Å². The van der Waals surface area contributed by atoms with Gasteiger partial charge in [-0.3, -0.25) is 0 Å². The molecule has 1 nitrogen and oxygen atoms in total. The highest BCUT2D eigenvalue weighted by molar-refractivity contribution is 6.26. The fraction of sp³-hybridized carbons (Fsp3) is 0.148. The van der Waals surface area contributed by atoms with Gasteiger partial charge in [0, 0.05) is 22.4 Å². The summed E-state index contributed by atoms with van der Waals surface area (Å²) in [4.78, 5) is 2.58. The van der Waals surface area contributed by atoms with Crippen LogP contribution in [-0.2, 0) is 5.41 Å². The highest BCUT2D eigenvalue weighted by atomic mass is 15.1. The maximum atomic E-state index is 2.58. The third-order valence-electron chi connectivity index (χ3n) is 14.0. The van der Waals surface area contributed by atoms with Crippen LogP contribution in [0.15, 0.2) is 188 Å². The van der Waals surface area contributed by atoms with Gasteiger partial charge < -0.3 is 4.90 Å². The fourth-order valence-electron chi connectivity index (χ4n) is 10.9. The first-order valence-corrected chi connectivity index (χ1v) is 22.4. The molecule has 10 aromatic rings. The molecule has 0 saturated heterocycles. The van der Waals surface area contributed by atoms with Crippen LogP contribution in [0.3, 0.4) is 0 Å². The van der Waals surface area contributed by atoms with Crippen LogP contribution in [-0.4, -0.2) is 0 Å². The Morgan fingerprint density at radius 1 is 0.468 bits per heavy atom. The Bertz CT molecular complexity index is 3350. The van der Waals surface area contributed by atoms with Gasteiger partial charge in [0.05, 0.1) is 5.69 Å². The van der Waals surface area contributed by atoms with Crippen molar-refractivity contribution in [1.29, 1.82) is 0 Å². The van der Waals surface area contributed by atoms with Gasteiger partial charge in [-0.15, -0.1) is 0 Å². The second kappa shape index (κ2) is 14.9. The second-order valence-corrected chi connectivity index (χ2v) is 18.0. The lowest BCUT2D eigenvalue weighted by Crippen LogP contribution is -2.17. The van der Waals surface area contributed by atoms with Gasteiger partial charge in [0.25, 0.3) is 0 Å². The topological polar surface area (TPSA) is 3.24 Å². The molecule has 0 heterocycles.